The van der Waals surface area contributed by atoms with Crippen LogP contribution in [0.5, 0.6) is 0 Å². The Bertz CT molecular complexity index is 683. The number of carbonyl (C=O) groups is 1. The molecule has 1 fully saturated rings. The summed E-state index contributed by atoms with van der Waals surface area (Å²) in [6.07, 6.45) is 3.67. The van der Waals surface area contributed by atoms with Crippen LogP contribution in [-0.4, -0.2) is 39.4 Å². The molecule has 0 radical (unpaired) electrons. The summed E-state index contributed by atoms with van der Waals surface area (Å²) in [5.41, 5.74) is 0.823. The number of carbonyl (C=O) groups excluding carboxylic acids is 1. The van der Waals surface area contributed by atoms with Crippen LogP contribution < -0.4 is 10.2 Å². The molecule has 7 heteroatoms. The summed E-state index contributed by atoms with van der Waals surface area (Å²) < 4.78 is 6.96. The molecule has 0 bridgehead atoms. The van der Waals surface area contributed by atoms with Gasteiger partial charge in [0.1, 0.15) is 5.60 Å². The van der Waals surface area contributed by atoms with Crippen molar-refractivity contribution in [3.8, 4) is 0 Å². The van der Waals surface area contributed by atoms with Crippen molar-refractivity contribution in [3.63, 3.8) is 0 Å². The maximum Gasteiger partial charge on any atom is 0.412 e. The van der Waals surface area contributed by atoms with Gasteiger partial charge in [0.25, 0.3) is 0 Å². The van der Waals surface area contributed by atoms with Gasteiger partial charge in [-0.1, -0.05) is 0 Å². The number of anilines is 2. The van der Waals surface area contributed by atoms with Crippen LogP contribution in [-0.2, 0) is 4.74 Å². The molecule has 0 atom stereocenters. The van der Waals surface area contributed by atoms with E-state index in [4.69, 9.17) is 4.74 Å². The number of hydrogen-bond acceptors (Lipinski definition) is 5. The van der Waals surface area contributed by atoms with Crippen molar-refractivity contribution in [1.82, 2.24) is 14.6 Å². The van der Waals surface area contributed by atoms with Crippen molar-refractivity contribution < 1.29 is 9.53 Å². The van der Waals surface area contributed by atoms with Crippen LogP contribution in [0.2, 0.25) is 0 Å². The Hall–Kier alpha value is -2.31. The van der Waals surface area contributed by atoms with Gasteiger partial charge in [0.15, 0.2) is 5.65 Å². The number of rotatable bonds is 2. The van der Waals surface area contributed by atoms with E-state index in [0.717, 1.165) is 19.0 Å². The molecule has 2 aromatic rings. The standard InChI is InChI=1S/C15H21N5O2/c1-15(2,3)22-14(21)16-11-6-9-20-12(10-11)17-13(18-20)19-7-4-5-8-19/h6,9-10H,4-5,7-8H2,1-3H3,(H,16,21). The van der Waals surface area contributed by atoms with Gasteiger partial charge >= 0.3 is 6.09 Å². The Morgan fingerprint density at radius 2 is 2.05 bits per heavy atom. The molecule has 0 saturated carbocycles. The average Bonchev–Trinajstić information content (AvgIpc) is 3.04. The molecule has 2 aromatic heterocycles. The molecular formula is C15H21N5O2. The molecule has 7 nitrogen and oxygen atoms in total. The van der Waals surface area contributed by atoms with Crippen LogP contribution in [0.1, 0.15) is 33.6 Å². The number of hydrogen-bond donors (Lipinski definition) is 1. The Labute approximate surface area is 129 Å². The normalized spacial score (nSPS) is 15.3. The lowest BCUT2D eigenvalue weighted by molar-refractivity contribution is 0.0636. The molecule has 1 amide bonds. The third-order valence-corrected chi connectivity index (χ3v) is 3.36. The summed E-state index contributed by atoms with van der Waals surface area (Å²) in [5, 5.41) is 7.18. The zero-order valence-electron chi connectivity index (χ0n) is 13.2. The van der Waals surface area contributed by atoms with Gasteiger partial charge in [0, 0.05) is 31.0 Å². The molecule has 0 aliphatic carbocycles. The minimum absolute atomic E-state index is 0.476. The largest absolute Gasteiger partial charge is 0.444 e. The Morgan fingerprint density at radius 1 is 1.32 bits per heavy atom. The molecule has 1 saturated heterocycles. The fourth-order valence-electron chi connectivity index (χ4n) is 2.42. The average molecular weight is 303 g/mol. The fraction of sp³-hybridized carbons (Fsp3) is 0.533. The number of amides is 1. The molecule has 1 aliphatic rings. The number of fused-ring (bicyclic) bond motifs is 1. The molecule has 3 heterocycles. The Morgan fingerprint density at radius 3 is 2.73 bits per heavy atom. The molecule has 1 aliphatic heterocycles. The van der Waals surface area contributed by atoms with E-state index in [0.29, 0.717) is 11.3 Å². The summed E-state index contributed by atoms with van der Waals surface area (Å²) in [7, 11) is 0. The lowest BCUT2D eigenvalue weighted by Gasteiger charge is -2.19. The highest BCUT2D eigenvalue weighted by Crippen LogP contribution is 2.19. The number of pyridine rings is 1. The predicted octanol–water partition coefficient (Wildman–Crippen LogP) is 2.68. The third kappa shape index (κ3) is 3.29. The summed E-state index contributed by atoms with van der Waals surface area (Å²) in [6.45, 7) is 7.49. The van der Waals surface area contributed by atoms with Crippen LogP contribution >= 0.6 is 0 Å². The number of nitrogens with one attached hydrogen (secondary N) is 1. The van der Waals surface area contributed by atoms with E-state index in [1.54, 1.807) is 22.8 Å². The van der Waals surface area contributed by atoms with Crippen LogP contribution in [0.3, 0.4) is 0 Å². The number of aromatic nitrogens is 3. The van der Waals surface area contributed by atoms with Crippen molar-refractivity contribution in [3.05, 3.63) is 18.3 Å². The van der Waals surface area contributed by atoms with E-state index in [2.05, 4.69) is 20.3 Å². The van der Waals surface area contributed by atoms with Gasteiger partial charge < -0.3 is 9.64 Å². The lowest BCUT2D eigenvalue weighted by Crippen LogP contribution is -2.27. The van der Waals surface area contributed by atoms with Gasteiger partial charge in [-0.05, 0) is 39.7 Å². The van der Waals surface area contributed by atoms with E-state index in [-0.39, 0.29) is 0 Å². The molecule has 22 heavy (non-hydrogen) atoms. The minimum atomic E-state index is -0.522. The smallest absolute Gasteiger partial charge is 0.412 e. The molecule has 0 aromatic carbocycles. The van der Waals surface area contributed by atoms with Crippen molar-refractivity contribution in [2.45, 2.75) is 39.2 Å². The third-order valence-electron chi connectivity index (χ3n) is 3.36. The van der Waals surface area contributed by atoms with Gasteiger partial charge in [0.2, 0.25) is 5.95 Å². The van der Waals surface area contributed by atoms with Gasteiger partial charge in [-0.2, -0.15) is 4.98 Å². The molecule has 0 unspecified atom stereocenters. The zero-order valence-corrected chi connectivity index (χ0v) is 13.2. The fourth-order valence-corrected chi connectivity index (χ4v) is 2.42. The van der Waals surface area contributed by atoms with Crippen molar-refractivity contribution in [2.24, 2.45) is 0 Å². The highest BCUT2D eigenvalue weighted by Gasteiger charge is 2.18. The molecular weight excluding hydrogens is 282 g/mol. The second-order valence-electron chi connectivity index (χ2n) is 6.45. The van der Waals surface area contributed by atoms with E-state index in [1.807, 2.05) is 20.8 Å². The predicted molar refractivity (Wildman–Crippen MR) is 84.3 cm³/mol. The summed E-state index contributed by atoms with van der Waals surface area (Å²) in [6, 6.07) is 3.57. The van der Waals surface area contributed by atoms with E-state index in [1.165, 1.54) is 12.8 Å². The molecule has 0 spiro atoms. The first-order valence-corrected chi connectivity index (χ1v) is 7.52. The number of nitrogens with zero attached hydrogens (tertiary/aromatic N) is 4. The van der Waals surface area contributed by atoms with Crippen LogP contribution in [0.4, 0.5) is 16.4 Å². The summed E-state index contributed by atoms with van der Waals surface area (Å²) in [4.78, 5) is 18.5. The quantitative estimate of drug-likeness (QED) is 0.923. The maximum absolute atomic E-state index is 11.8. The molecule has 3 rings (SSSR count). The first-order valence-electron chi connectivity index (χ1n) is 7.52. The monoisotopic (exact) mass is 303 g/mol. The van der Waals surface area contributed by atoms with E-state index < -0.39 is 11.7 Å². The topological polar surface area (TPSA) is 71.8 Å². The Kier molecular flexibility index (Phi) is 3.64. The highest BCUT2D eigenvalue weighted by atomic mass is 16.6. The van der Waals surface area contributed by atoms with Crippen molar-refractivity contribution in [2.75, 3.05) is 23.3 Å². The van der Waals surface area contributed by atoms with E-state index >= 15 is 0 Å². The SMILES string of the molecule is CC(C)(C)OC(=O)Nc1ccn2nc(N3CCCC3)nc2c1. The van der Waals surface area contributed by atoms with Gasteiger partial charge in [-0.3, -0.25) is 5.32 Å². The second-order valence-corrected chi connectivity index (χ2v) is 6.45. The van der Waals surface area contributed by atoms with Crippen LogP contribution in [0, 0.1) is 0 Å². The first-order chi connectivity index (χ1) is 10.4. The van der Waals surface area contributed by atoms with Crippen molar-refractivity contribution in [1.29, 1.82) is 0 Å². The number of ether oxygens (including phenoxy) is 1. The zero-order chi connectivity index (χ0) is 15.7. The van der Waals surface area contributed by atoms with Gasteiger partial charge in [-0.25, -0.2) is 9.31 Å². The lowest BCUT2D eigenvalue weighted by atomic mass is 10.2. The highest BCUT2D eigenvalue weighted by molar-refractivity contribution is 5.85. The first kappa shape index (κ1) is 14.6. The van der Waals surface area contributed by atoms with Crippen LogP contribution in [0.15, 0.2) is 18.3 Å². The van der Waals surface area contributed by atoms with Crippen molar-refractivity contribution >= 4 is 23.4 Å². The summed E-state index contributed by atoms with van der Waals surface area (Å²) >= 11 is 0. The molecule has 118 valence electrons. The summed E-state index contributed by atoms with van der Waals surface area (Å²) in [5.74, 6) is 0.743. The molecule has 1 N–H and O–H groups in total. The Balaban J connectivity index is 1.76. The minimum Gasteiger partial charge on any atom is -0.444 e. The van der Waals surface area contributed by atoms with Crippen LogP contribution in [0.25, 0.3) is 5.65 Å². The second kappa shape index (κ2) is 5.47. The van der Waals surface area contributed by atoms with Gasteiger partial charge in [-0.15, -0.1) is 5.10 Å². The van der Waals surface area contributed by atoms with Gasteiger partial charge in [0.05, 0.1) is 0 Å². The maximum atomic E-state index is 11.8. The van der Waals surface area contributed by atoms with E-state index in [9.17, 15) is 4.79 Å².